The van der Waals surface area contributed by atoms with Gasteiger partial charge in [-0.15, -0.1) is 0 Å². The Bertz CT molecular complexity index is 964. The van der Waals surface area contributed by atoms with Gasteiger partial charge in [0.05, 0.1) is 14.2 Å². The lowest BCUT2D eigenvalue weighted by molar-refractivity contribution is 0.375. The van der Waals surface area contributed by atoms with Gasteiger partial charge in [-0.2, -0.15) is 4.31 Å². The highest BCUT2D eigenvalue weighted by atomic mass is 32.2. The van der Waals surface area contributed by atoms with E-state index in [1.54, 1.807) is 12.1 Å². The third kappa shape index (κ3) is 4.52. The largest absolute Gasteiger partial charge is 0.497 e. The second-order valence-electron chi connectivity index (χ2n) is 6.26. The van der Waals surface area contributed by atoms with Gasteiger partial charge >= 0.3 is 0 Å². The Kier molecular flexibility index (Phi) is 6.34. The molecule has 0 aliphatic carbocycles. The van der Waals surface area contributed by atoms with E-state index in [0.717, 1.165) is 11.1 Å². The predicted molar refractivity (Wildman–Crippen MR) is 109 cm³/mol. The van der Waals surface area contributed by atoms with Crippen LogP contribution in [0.25, 0.3) is 0 Å². The van der Waals surface area contributed by atoms with Crippen molar-refractivity contribution >= 4 is 10.0 Å². The molecule has 0 aromatic heterocycles. The first-order chi connectivity index (χ1) is 13.5. The first-order valence-corrected chi connectivity index (χ1v) is 10.3. The number of methoxy groups -OCH3 is 2. The zero-order valence-corrected chi connectivity index (χ0v) is 16.7. The minimum atomic E-state index is -3.81. The Balaban J connectivity index is 2.02. The van der Waals surface area contributed by atoms with Gasteiger partial charge in [0, 0.05) is 19.2 Å². The molecular formula is C22H23NO4S. The summed E-state index contributed by atoms with van der Waals surface area (Å²) in [6.45, 7) is 0.514. The van der Waals surface area contributed by atoms with E-state index in [1.807, 2.05) is 60.7 Å². The number of hydrogen-bond acceptors (Lipinski definition) is 4. The zero-order chi connectivity index (χ0) is 20.0. The second-order valence-corrected chi connectivity index (χ2v) is 8.17. The fourth-order valence-corrected chi connectivity index (χ4v) is 4.48. The van der Waals surface area contributed by atoms with Gasteiger partial charge in [-0.05, 0) is 23.3 Å². The van der Waals surface area contributed by atoms with Crippen LogP contribution >= 0.6 is 0 Å². The van der Waals surface area contributed by atoms with Crippen molar-refractivity contribution in [2.75, 3.05) is 14.2 Å². The third-order valence-electron chi connectivity index (χ3n) is 4.39. The molecule has 0 saturated carbocycles. The van der Waals surface area contributed by atoms with Crippen LogP contribution in [0.15, 0.2) is 83.8 Å². The van der Waals surface area contributed by atoms with Crippen molar-refractivity contribution in [3.05, 3.63) is 90.0 Å². The first kappa shape index (κ1) is 19.9. The molecule has 0 atom stereocenters. The summed E-state index contributed by atoms with van der Waals surface area (Å²) in [4.78, 5) is 0.114. The number of rotatable bonds is 8. The van der Waals surface area contributed by atoms with E-state index in [4.69, 9.17) is 9.47 Å². The maximum absolute atomic E-state index is 13.5. The van der Waals surface area contributed by atoms with Crippen molar-refractivity contribution in [1.82, 2.24) is 4.31 Å². The normalized spacial score (nSPS) is 11.4. The van der Waals surface area contributed by atoms with Gasteiger partial charge in [-0.1, -0.05) is 60.7 Å². The zero-order valence-electron chi connectivity index (χ0n) is 15.9. The van der Waals surface area contributed by atoms with Crippen molar-refractivity contribution in [2.45, 2.75) is 18.0 Å². The summed E-state index contributed by atoms with van der Waals surface area (Å²) in [5, 5.41) is 0. The monoisotopic (exact) mass is 397 g/mol. The van der Waals surface area contributed by atoms with Crippen LogP contribution in [0.4, 0.5) is 0 Å². The fourth-order valence-electron chi connectivity index (χ4n) is 2.93. The van der Waals surface area contributed by atoms with Gasteiger partial charge in [0.1, 0.15) is 16.4 Å². The van der Waals surface area contributed by atoms with Crippen LogP contribution in [0.2, 0.25) is 0 Å². The molecule has 0 aliphatic heterocycles. The molecular weight excluding hydrogens is 374 g/mol. The lowest BCUT2D eigenvalue weighted by Gasteiger charge is -2.24. The Labute approximate surface area is 166 Å². The summed E-state index contributed by atoms with van der Waals surface area (Å²) in [5.74, 6) is 0.791. The molecule has 0 fully saturated rings. The average molecular weight is 397 g/mol. The summed E-state index contributed by atoms with van der Waals surface area (Å²) in [6.07, 6.45) is 0. The summed E-state index contributed by atoms with van der Waals surface area (Å²) in [7, 11) is -0.834. The third-order valence-corrected chi connectivity index (χ3v) is 6.22. The molecule has 6 heteroatoms. The van der Waals surface area contributed by atoms with Crippen molar-refractivity contribution in [3.63, 3.8) is 0 Å². The number of nitrogens with zero attached hydrogens (tertiary/aromatic N) is 1. The molecule has 0 unspecified atom stereocenters. The van der Waals surface area contributed by atoms with E-state index in [2.05, 4.69) is 0 Å². The molecule has 0 spiro atoms. The van der Waals surface area contributed by atoms with Crippen molar-refractivity contribution in [1.29, 1.82) is 0 Å². The quantitative estimate of drug-likeness (QED) is 0.574. The molecule has 3 aromatic rings. The molecule has 0 saturated heterocycles. The Hall–Kier alpha value is -2.83. The standard InChI is InChI=1S/C22H23NO4S/c1-26-20-13-14-22(21(15-20)27-2)28(24,25)23(16-18-9-5-3-6-10-18)17-19-11-7-4-8-12-19/h3-15H,16-17H2,1-2H3. The van der Waals surface area contributed by atoms with Gasteiger partial charge in [0.15, 0.2) is 0 Å². The molecule has 5 nitrogen and oxygen atoms in total. The minimum absolute atomic E-state index is 0.114. The number of benzene rings is 3. The Morgan fingerprint density at radius 3 is 1.75 bits per heavy atom. The lowest BCUT2D eigenvalue weighted by atomic mass is 10.2. The van der Waals surface area contributed by atoms with Crippen molar-refractivity contribution < 1.29 is 17.9 Å². The van der Waals surface area contributed by atoms with Crippen LogP contribution in [-0.4, -0.2) is 26.9 Å². The maximum Gasteiger partial charge on any atom is 0.247 e. The molecule has 0 radical (unpaired) electrons. The van der Waals surface area contributed by atoms with E-state index in [9.17, 15) is 8.42 Å². The van der Waals surface area contributed by atoms with E-state index in [-0.39, 0.29) is 23.7 Å². The smallest absolute Gasteiger partial charge is 0.247 e. The van der Waals surface area contributed by atoms with E-state index >= 15 is 0 Å². The summed E-state index contributed by atoms with van der Waals surface area (Å²) < 4.78 is 39.0. The number of hydrogen-bond donors (Lipinski definition) is 0. The average Bonchev–Trinajstić information content (AvgIpc) is 2.74. The minimum Gasteiger partial charge on any atom is -0.497 e. The highest BCUT2D eigenvalue weighted by molar-refractivity contribution is 7.89. The molecule has 0 aliphatic rings. The molecule has 0 heterocycles. The van der Waals surface area contributed by atoms with Crippen LogP contribution in [0.5, 0.6) is 11.5 Å². The predicted octanol–water partition coefficient (Wildman–Crippen LogP) is 4.09. The van der Waals surface area contributed by atoms with E-state index in [0.29, 0.717) is 5.75 Å². The fraction of sp³-hybridized carbons (Fsp3) is 0.182. The highest BCUT2D eigenvalue weighted by Crippen LogP contribution is 2.32. The Morgan fingerprint density at radius 1 is 0.750 bits per heavy atom. The van der Waals surface area contributed by atoms with E-state index < -0.39 is 10.0 Å². The topological polar surface area (TPSA) is 55.8 Å². The number of ether oxygens (including phenoxy) is 2. The van der Waals surface area contributed by atoms with E-state index in [1.165, 1.54) is 24.6 Å². The lowest BCUT2D eigenvalue weighted by Crippen LogP contribution is -2.30. The molecule has 3 aromatic carbocycles. The molecule has 28 heavy (non-hydrogen) atoms. The molecule has 0 N–H and O–H groups in total. The van der Waals surface area contributed by atoms with Crippen molar-refractivity contribution in [2.24, 2.45) is 0 Å². The van der Waals surface area contributed by atoms with Crippen LogP contribution in [0.3, 0.4) is 0 Å². The molecule has 0 amide bonds. The van der Waals surface area contributed by atoms with Gasteiger partial charge in [0.25, 0.3) is 0 Å². The molecule has 0 bridgehead atoms. The van der Waals surface area contributed by atoms with Gasteiger partial charge in [-0.25, -0.2) is 8.42 Å². The summed E-state index contributed by atoms with van der Waals surface area (Å²) in [5.41, 5.74) is 1.82. The van der Waals surface area contributed by atoms with Crippen molar-refractivity contribution in [3.8, 4) is 11.5 Å². The summed E-state index contributed by atoms with van der Waals surface area (Å²) >= 11 is 0. The van der Waals surface area contributed by atoms with Gasteiger partial charge < -0.3 is 9.47 Å². The maximum atomic E-state index is 13.5. The SMILES string of the molecule is COc1ccc(S(=O)(=O)N(Cc2ccccc2)Cc2ccccc2)c(OC)c1. The van der Waals surface area contributed by atoms with Gasteiger partial charge in [-0.3, -0.25) is 0 Å². The molecule has 3 rings (SSSR count). The second kappa shape index (κ2) is 8.91. The first-order valence-electron chi connectivity index (χ1n) is 8.84. The van der Waals surface area contributed by atoms with Crippen LogP contribution in [0, 0.1) is 0 Å². The Morgan fingerprint density at radius 2 is 1.29 bits per heavy atom. The van der Waals surface area contributed by atoms with Gasteiger partial charge in [0.2, 0.25) is 10.0 Å². The van der Waals surface area contributed by atoms with Crippen LogP contribution in [-0.2, 0) is 23.1 Å². The molecule has 146 valence electrons. The summed E-state index contributed by atoms with van der Waals surface area (Å²) in [6, 6.07) is 23.8. The van der Waals surface area contributed by atoms with Crippen LogP contribution in [0.1, 0.15) is 11.1 Å². The number of sulfonamides is 1. The van der Waals surface area contributed by atoms with Crippen LogP contribution < -0.4 is 9.47 Å². The highest BCUT2D eigenvalue weighted by Gasteiger charge is 2.28.